The standard InChI is InChI=1S/C22H24BrN5O4S2/c1-2-28-21(16-7-9-17(10-8-16)34(30,31)27-11-13-32-14-12-27)25-26-22(28)33-15-20(29)24-19-6-4-3-5-18(19)23/h3-10H,2,11-15H2,1H3,(H,24,29). The third-order valence-corrected chi connectivity index (χ3v) is 8.80. The molecular formula is C22H24BrN5O4S2. The van der Waals surface area contributed by atoms with Crippen LogP contribution in [0.3, 0.4) is 0 Å². The highest BCUT2D eigenvalue weighted by Gasteiger charge is 2.26. The van der Waals surface area contributed by atoms with E-state index >= 15 is 0 Å². The van der Waals surface area contributed by atoms with Gasteiger partial charge in [-0.3, -0.25) is 4.79 Å². The van der Waals surface area contributed by atoms with Crippen LogP contribution in [0.15, 0.2) is 63.1 Å². The molecule has 1 saturated heterocycles. The van der Waals surface area contributed by atoms with Crippen molar-refractivity contribution in [1.29, 1.82) is 0 Å². The Hall–Kier alpha value is -2.25. The quantitative estimate of drug-likeness (QED) is 0.416. The lowest BCUT2D eigenvalue weighted by atomic mass is 10.2. The fraction of sp³-hybridized carbons (Fsp3) is 0.318. The summed E-state index contributed by atoms with van der Waals surface area (Å²) in [6.07, 6.45) is 0. The Bertz CT molecular complexity index is 1260. The van der Waals surface area contributed by atoms with Crippen molar-refractivity contribution in [3.8, 4) is 11.4 Å². The maximum atomic E-state index is 12.9. The number of carbonyl (C=O) groups excluding carboxylic acids is 1. The van der Waals surface area contributed by atoms with Crippen LogP contribution in [0.4, 0.5) is 5.69 Å². The highest BCUT2D eigenvalue weighted by atomic mass is 79.9. The Morgan fingerprint density at radius 3 is 2.50 bits per heavy atom. The molecule has 2 heterocycles. The predicted molar refractivity (Wildman–Crippen MR) is 134 cm³/mol. The molecule has 0 atom stereocenters. The highest BCUT2D eigenvalue weighted by molar-refractivity contribution is 9.10. The molecule has 180 valence electrons. The van der Waals surface area contributed by atoms with Gasteiger partial charge in [0.15, 0.2) is 11.0 Å². The van der Waals surface area contributed by atoms with Crippen LogP contribution in [0, 0.1) is 0 Å². The van der Waals surface area contributed by atoms with E-state index in [0.29, 0.717) is 49.5 Å². The summed E-state index contributed by atoms with van der Waals surface area (Å²) in [5.41, 5.74) is 1.46. The molecule has 1 aliphatic rings. The van der Waals surface area contributed by atoms with Gasteiger partial charge in [0.25, 0.3) is 0 Å². The molecule has 0 bridgehead atoms. The molecule has 0 spiro atoms. The number of nitrogens with one attached hydrogen (secondary N) is 1. The van der Waals surface area contributed by atoms with Gasteiger partial charge in [-0.15, -0.1) is 10.2 Å². The molecule has 2 aromatic carbocycles. The second-order valence-corrected chi connectivity index (χ2v) is 11.1. The number of halogens is 1. The molecule has 1 aromatic heterocycles. The van der Waals surface area contributed by atoms with Crippen LogP contribution in [0.2, 0.25) is 0 Å². The van der Waals surface area contributed by atoms with E-state index in [9.17, 15) is 13.2 Å². The Morgan fingerprint density at radius 1 is 1.12 bits per heavy atom. The zero-order chi connectivity index (χ0) is 24.1. The summed E-state index contributed by atoms with van der Waals surface area (Å²) in [4.78, 5) is 12.6. The molecule has 12 heteroatoms. The van der Waals surface area contributed by atoms with Gasteiger partial charge in [-0.1, -0.05) is 23.9 Å². The first-order chi connectivity index (χ1) is 16.4. The molecule has 4 rings (SSSR count). The van der Waals surface area contributed by atoms with Crippen molar-refractivity contribution in [3.63, 3.8) is 0 Å². The lowest BCUT2D eigenvalue weighted by Crippen LogP contribution is -2.40. The second kappa shape index (κ2) is 11.0. The number of sulfonamides is 1. The Balaban J connectivity index is 1.45. The second-order valence-electron chi connectivity index (χ2n) is 7.41. The number of morpholine rings is 1. The molecule has 1 fully saturated rings. The van der Waals surface area contributed by atoms with E-state index in [1.165, 1.54) is 16.1 Å². The van der Waals surface area contributed by atoms with E-state index in [0.717, 1.165) is 10.0 Å². The number of benzene rings is 2. The number of rotatable bonds is 8. The van der Waals surface area contributed by atoms with Gasteiger partial charge in [-0.05, 0) is 59.3 Å². The first-order valence-corrected chi connectivity index (χ1v) is 13.9. The van der Waals surface area contributed by atoms with Crippen molar-refractivity contribution in [2.75, 3.05) is 37.4 Å². The highest BCUT2D eigenvalue weighted by Crippen LogP contribution is 2.27. The lowest BCUT2D eigenvalue weighted by molar-refractivity contribution is -0.113. The maximum Gasteiger partial charge on any atom is 0.243 e. The largest absolute Gasteiger partial charge is 0.379 e. The van der Waals surface area contributed by atoms with Crippen LogP contribution < -0.4 is 5.32 Å². The Kier molecular flexibility index (Phi) is 8.04. The minimum Gasteiger partial charge on any atom is -0.379 e. The van der Waals surface area contributed by atoms with Crippen LogP contribution in [0.5, 0.6) is 0 Å². The van der Waals surface area contributed by atoms with Gasteiger partial charge < -0.3 is 14.6 Å². The third-order valence-electron chi connectivity index (χ3n) is 5.23. The van der Waals surface area contributed by atoms with Crippen molar-refractivity contribution >= 4 is 49.3 Å². The summed E-state index contributed by atoms with van der Waals surface area (Å²) in [7, 11) is -3.56. The molecular weight excluding hydrogens is 542 g/mol. The first kappa shape index (κ1) is 24.9. The van der Waals surface area contributed by atoms with Crippen LogP contribution >= 0.6 is 27.7 Å². The predicted octanol–water partition coefficient (Wildman–Crippen LogP) is 3.48. The molecule has 9 nitrogen and oxygen atoms in total. The van der Waals surface area contributed by atoms with Crippen LogP contribution in [0.1, 0.15) is 6.92 Å². The molecule has 0 radical (unpaired) electrons. The number of para-hydroxylation sites is 1. The fourth-order valence-electron chi connectivity index (χ4n) is 3.49. The van der Waals surface area contributed by atoms with Gasteiger partial charge in [-0.2, -0.15) is 4.31 Å². The van der Waals surface area contributed by atoms with Crippen LogP contribution in [-0.2, 0) is 26.1 Å². The SMILES string of the molecule is CCn1c(SCC(=O)Nc2ccccc2Br)nnc1-c1ccc(S(=O)(=O)N2CCOCC2)cc1. The molecule has 1 N–H and O–H groups in total. The van der Waals surface area contributed by atoms with E-state index in [4.69, 9.17) is 4.74 Å². The smallest absolute Gasteiger partial charge is 0.243 e. The van der Waals surface area contributed by atoms with Crippen molar-refractivity contribution in [3.05, 3.63) is 53.0 Å². The third kappa shape index (κ3) is 5.52. The average molecular weight is 567 g/mol. The van der Waals surface area contributed by atoms with Crippen LogP contribution in [0.25, 0.3) is 11.4 Å². The number of nitrogens with zero attached hydrogens (tertiary/aromatic N) is 4. The number of ether oxygens (including phenoxy) is 1. The van der Waals surface area contributed by atoms with Gasteiger partial charge in [0, 0.05) is 29.7 Å². The number of carbonyl (C=O) groups is 1. The topological polar surface area (TPSA) is 106 Å². The van der Waals surface area contributed by atoms with Crippen molar-refractivity contribution in [2.45, 2.75) is 23.5 Å². The molecule has 0 aliphatic carbocycles. The first-order valence-electron chi connectivity index (χ1n) is 10.7. The zero-order valence-electron chi connectivity index (χ0n) is 18.5. The normalized spacial score (nSPS) is 14.8. The molecule has 0 saturated carbocycles. The minimum absolute atomic E-state index is 0.151. The summed E-state index contributed by atoms with van der Waals surface area (Å²) >= 11 is 4.71. The average Bonchev–Trinajstić information content (AvgIpc) is 3.28. The molecule has 3 aromatic rings. The number of anilines is 1. The minimum atomic E-state index is -3.56. The number of hydrogen-bond donors (Lipinski definition) is 1. The van der Waals surface area contributed by atoms with Gasteiger partial charge in [0.1, 0.15) is 0 Å². The molecule has 1 amide bonds. The molecule has 1 aliphatic heterocycles. The lowest BCUT2D eigenvalue weighted by Gasteiger charge is -2.26. The Morgan fingerprint density at radius 2 is 1.82 bits per heavy atom. The summed E-state index contributed by atoms with van der Waals surface area (Å²) < 4.78 is 35.1. The van der Waals surface area contributed by atoms with E-state index in [-0.39, 0.29) is 16.6 Å². The van der Waals surface area contributed by atoms with Crippen molar-refractivity contribution < 1.29 is 17.9 Å². The summed E-state index contributed by atoms with van der Waals surface area (Å²) in [5.74, 6) is 0.643. The van der Waals surface area contributed by atoms with Gasteiger partial charge in [-0.25, -0.2) is 8.42 Å². The van der Waals surface area contributed by atoms with Gasteiger partial charge >= 0.3 is 0 Å². The van der Waals surface area contributed by atoms with E-state index < -0.39 is 10.0 Å². The summed E-state index contributed by atoms with van der Waals surface area (Å²) in [6, 6.07) is 14.1. The van der Waals surface area contributed by atoms with Crippen LogP contribution in [-0.4, -0.2) is 65.5 Å². The van der Waals surface area contributed by atoms with Gasteiger partial charge in [0.05, 0.1) is 29.5 Å². The van der Waals surface area contributed by atoms with Crippen molar-refractivity contribution in [1.82, 2.24) is 19.1 Å². The maximum absolute atomic E-state index is 12.9. The van der Waals surface area contributed by atoms with E-state index in [2.05, 4.69) is 31.4 Å². The summed E-state index contributed by atoms with van der Waals surface area (Å²) in [6.45, 7) is 4.07. The fourth-order valence-corrected chi connectivity index (χ4v) is 6.08. The number of hydrogen-bond acceptors (Lipinski definition) is 7. The molecule has 34 heavy (non-hydrogen) atoms. The number of thioether (sulfide) groups is 1. The zero-order valence-corrected chi connectivity index (χ0v) is 21.7. The Labute approximate surface area is 211 Å². The molecule has 0 unspecified atom stereocenters. The monoisotopic (exact) mass is 565 g/mol. The summed E-state index contributed by atoms with van der Waals surface area (Å²) in [5, 5.41) is 12.0. The van der Waals surface area contributed by atoms with E-state index in [1.54, 1.807) is 24.3 Å². The number of aromatic nitrogens is 3. The van der Waals surface area contributed by atoms with E-state index in [1.807, 2.05) is 35.8 Å². The van der Waals surface area contributed by atoms with Crippen molar-refractivity contribution in [2.24, 2.45) is 0 Å². The number of amides is 1. The van der Waals surface area contributed by atoms with Gasteiger partial charge in [0.2, 0.25) is 15.9 Å².